The number of aromatic carboxylic acids is 1. The Morgan fingerprint density at radius 3 is 2.52 bits per heavy atom. The molecule has 1 aromatic rings. The molecule has 1 N–H and O–H groups in total. The topological polar surface area (TPSA) is 83.9 Å². The Balaban J connectivity index is 2.43. The number of carbonyl (C=O) groups is 1. The summed E-state index contributed by atoms with van der Waals surface area (Å²) in [5.41, 5.74) is -0.0612. The molecule has 0 atom stereocenters. The highest BCUT2D eigenvalue weighted by Gasteiger charge is 2.38. The number of sulfonamides is 1. The number of benzene rings is 1. The van der Waals surface area contributed by atoms with Gasteiger partial charge in [0.2, 0.25) is 10.0 Å². The van der Waals surface area contributed by atoms with Crippen LogP contribution in [-0.2, 0) is 10.0 Å². The van der Waals surface area contributed by atoms with Gasteiger partial charge in [0, 0.05) is 13.1 Å². The fourth-order valence-electron chi connectivity index (χ4n) is 2.42. The van der Waals surface area contributed by atoms with E-state index in [0.717, 1.165) is 6.42 Å². The molecule has 0 amide bonds. The summed E-state index contributed by atoms with van der Waals surface area (Å²) < 4.78 is 31.8. The first kappa shape index (κ1) is 15.8. The molecule has 0 bridgehead atoms. The van der Waals surface area contributed by atoms with E-state index in [4.69, 9.17) is 9.84 Å². The summed E-state index contributed by atoms with van der Waals surface area (Å²) in [5, 5.41) is 8.96. The predicted octanol–water partition coefficient (Wildman–Crippen LogP) is 1.81. The first-order valence-corrected chi connectivity index (χ1v) is 8.03. The van der Waals surface area contributed by atoms with Crippen molar-refractivity contribution in [3.05, 3.63) is 23.8 Å². The first-order chi connectivity index (χ1) is 9.67. The Morgan fingerprint density at radius 1 is 1.38 bits per heavy atom. The predicted molar refractivity (Wildman–Crippen MR) is 77.1 cm³/mol. The van der Waals surface area contributed by atoms with Gasteiger partial charge in [0.25, 0.3) is 0 Å². The van der Waals surface area contributed by atoms with E-state index in [1.165, 1.54) is 29.6 Å². The average molecular weight is 313 g/mol. The number of hydrogen-bond acceptors (Lipinski definition) is 4. The molecule has 0 unspecified atom stereocenters. The van der Waals surface area contributed by atoms with E-state index in [2.05, 4.69) is 0 Å². The number of nitrogens with zero attached hydrogens (tertiary/aromatic N) is 1. The van der Waals surface area contributed by atoms with Crippen LogP contribution in [0.25, 0.3) is 0 Å². The van der Waals surface area contributed by atoms with Gasteiger partial charge in [0.15, 0.2) is 0 Å². The number of carboxylic acids is 1. The van der Waals surface area contributed by atoms with E-state index in [9.17, 15) is 13.2 Å². The van der Waals surface area contributed by atoms with E-state index in [0.29, 0.717) is 13.1 Å². The van der Waals surface area contributed by atoms with Crippen LogP contribution < -0.4 is 4.74 Å². The van der Waals surface area contributed by atoms with Crippen molar-refractivity contribution in [2.24, 2.45) is 5.41 Å². The molecule has 1 fully saturated rings. The molecule has 1 aliphatic heterocycles. The van der Waals surface area contributed by atoms with Crippen molar-refractivity contribution in [2.45, 2.75) is 25.2 Å². The molecular formula is C14H19NO5S. The van der Waals surface area contributed by atoms with Gasteiger partial charge in [-0.1, -0.05) is 13.8 Å². The summed E-state index contributed by atoms with van der Waals surface area (Å²) in [4.78, 5) is 11.0. The van der Waals surface area contributed by atoms with E-state index in [-0.39, 0.29) is 21.6 Å². The molecule has 0 aromatic heterocycles. The van der Waals surface area contributed by atoms with Crippen molar-refractivity contribution < 1.29 is 23.1 Å². The van der Waals surface area contributed by atoms with Gasteiger partial charge < -0.3 is 9.84 Å². The first-order valence-electron chi connectivity index (χ1n) is 6.59. The molecular weight excluding hydrogens is 294 g/mol. The Morgan fingerprint density at radius 2 is 2.05 bits per heavy atom. The Hall–Kier alpha value is -1.60. The standard InChI is InChI=1S/C14H19NO5S/c1-14(2)6-7-15(9-14)21(18,19)12-5-4-10(13(16)17)8-11(12)20-3/h4-5,8H,6-7,9H2,1-3H3,(H,16,17). The Labute approximate surface area is 124 Å². The van der Waals surface area contributed by atoms with Crippen LogP contribution >= 0.6 is 0 Å². The van der Waals surface area contributed by atoms with Crippen molar-refractivity contribution in [3.63, 3.8) is 0 Å². The van der Waals surface area contributed by atoms with Crippen molar-refractivity contribution in [1.82, 2.24) is 4.31 Å². The smallest absolute Gasteiger partial charge is 0.335 e. The number of methoxy groups -OCH3 is 1. The lowest BCUT2D eigenvalue weighted by Crippen LogP contribution is -2.30. The molecule has 6 nitrogen and oxygen atoms in total. The van der Waals surface area contributed by atoms with Crippen LogP contribution in [0, 0.1) is 5.41 Å². The zero-order chi connectivity index (χ0) is 15.8. The SMILES string of the molecule is COc1cc(C(=O)O)ccc1S(=O)(=O)N1CCC(C)(C)C1. The number of ether oxygens (including phenoxy) is 1. The summed E-state index contributed by atoms with van der Waals surface area (Å²) in [6.45, 7) is 4.94. The van der Waals surface area contributed by atoms with E-state index < -0.39 is 16.0 Å². The molecule has 1 aromatic carbocycles. The van der Waals surface area contributed by atoms with E-state index in [1.54, 1.807) is 0 Å². The van der Waals surface area contributed by atoms with Crippen LogP contribution in [0.3, 0.4) is 0 Å². The minimum atomic E-state index is -3.68. The highest BCUT2D eigenvalue weighted by molar-refractivity contribution is 7.89. The van der Waals surface area contributed by atoms with Crippen LogP contribution in [-0.4, -0.2) is 44.0 Å². The second-order valence-electron chi connectivity index (χ2n) is 5.92. The van der Waals surface area contributed by atoms with Crippen LogP contribution in [0.5, 0.6) is 5.75 Å². The maximum Gasteiger partial charge on any atom is 0.335 e. The Bertz CT molecular complexity index is 666. The van der Waals surface area contributed by atoms with Crippen LogP contribution in [0.4, 0.5) is 0 Å². The number of carboxylic acid groups (broad SMARTS) is 1. The van der Waals surface area contributed by atoms with Gasteiger partial charge in [-0.15, -0.1) is 0 Å². The summed E-state index contributed by atoms with van der Waals surface area (Å²) in [6.07, 6.45) is 0.793. The van der Waals surface area contributed by atoms with Crippen LogP contribution in [0.1, 0.15) is 30.6 Å². The normalized spacial score (nSPS) is 18.6. The molecule has 0 radical (unpaired) electrons. The molecule has 1 aliphatic rings. The Kier molecular flexibility index (Phi) is 3.99. The molecule has 21 heavy (non-hydrogen) atoms. The van der Waals surface area contributed by atoms with Crippen molar-refractivity contribution >= 4 is 16.0 Å². The average Bonchev–Trinajstić information content (AvgIpc) is 2.78. The molecule has 0 aliphatic carbocycles. The second kappa shape index (κ2) is 5.31. The molecule has 116 valence electrons. The molecule has 1 saturated heterocycles. The molecule has 2 rings (SSSR count). The third-order valence-corrected chi connectivity index (χ3v) is 5.56. The van der Waals surface area contributed by atoms with Crippen LogP contribution in [0.2, 0.25) is 0 Å². The minimum absolute atomic E-state index is 0.00690. The van der Waals surface area contributed by atoms with Gasteiger partial charge in [-0.25, -0.2) is 13.2 Å². The summed E-state index contributed by atoms with van der Waals surface area (Å²) in [7, 11) is -2.35. The third kappa shape index (κ3) is 3.03. The summed E-state index contributed by atoms with van der Waals surface area (Å²) in [6, 6.07) is 3.80. The quantitative estimate of drug-likeness (QED) is 0.916. The number of rotatable bonds is 4. The fourth-order valence-corrected chi connectivity index (χ4v) is 4.19. The lowest BCUT2D eigenvalue weighted by atomic mass is 9.93. The maximum atomic E-state index is 12.7. The molecule has 7 heteroatoms. The zero-order valence-electron chi connectivity index (χ0n) is 12.3. The van der Waals surface area contributed by atoms with Gasteiger partial charge in [-0.05, 0) is 30.0 Å². The highest BCUT2D eigenvalue weighted by Crippen LogP contribution is 2.35. The van der Waals surface area contributed by atoms with Crippen molar-refractivity contribution in [1.29, 1.82) is 0 Å². The highest BCUT2D eigenvalue weighted by atomic mass is 32.2. The largest absolute Gasteiger partial charge is 0.495 e. The lowest BCUT2D eigenvalue weighted by Gasteiger charge is -2.20. The summed E-state index contributed by atoms with van der Waals surface area (Å²) >= 11 is 0. The molecule has 0 spiro atoms. The van der Waals surface area contributed by atoms with Crippen LogP contribution in [0.15, 0.2) is 23.1 Å². The zero-order valence-corrected chi connectivity index (χ0v) is 13.1. The fraction of sp³-hybridized carbons (Fsp3) is 0.500. The molecule has 1 heterocycles. The number of hydrogen-bond donors (Lipinski definition) is 1. The second-order valence-corrected chi connectivity index (χ2v) is 7.83. The van der Waals surface area contributed by atoms with Gasteiger partial charge >= 0.3 is 5.97 Å². The lowest BCUT2D eigenvalue weighted by molar-refractivity contribution is 0.0696. The summed E-state index contributed by atoms with van der Waals surface area (Å²) in [5.74, 6) is -1.07. The van der Waals surface area contributed by atoms with Gasteiger partial charge in [0.05, 0.1) is 12.7 Å². The third-order valence-electron chi connectivity index (χ3n) is 3.67. The van der Waals surface area contributed by atoms with Gasteiger partial charge in [-0.2, -0.15) is 4.31 Å². The minimum Gasteiger partial charge on any atom is -0.495 e. The molecule has 0 saturated carbocycles. The monoisotopic (exact) mass is 313 g/mol. The van der Waals surface area contributed by atoms with Gasteiger partial charge in [0.1, 0.15) is 10.6 Å². The van der Waals surface area contributed by atoms with Crippen molar-refractivity contribution in [2.75, 3.05) is 20.2 Å². The maximum absolute atomic E-state index is 12.7. The van der Waals surface area contributed by atoms with Gasteiger partial charge in [-0.3, -0.25) is 0 Å². The van der Waals surface area contributed by atoms with E-state index >= 15 is 0 Å². The van der Waals surface area contributed by atoms with Crippen molar-refractivity contribution in [3.8, 4) is 5.75 Å². The van der Waals surface area contributed by atoms with E-state index in [1.807, 2.05) is 13.8 Å².